The van der Waals surface area contributed by atoms with Crippen LogP contribution in [0.4, 0.5) is 0 Å². The molecule has 2 aromatic rings. The third kappa shape index (κ3) is 7.71. The Kier molecular flexibility index (Phi) is 9.52. The van der Waals surface area contributed by atoms with E-state index in [1.165, 1.54) is 6.21 Å². The number of benzene rings is 2. The van der Waals surface area contributed by atoms with Crippen molar-refractivity contribution in [3.8, 4) is 11.5 Å². The highest BCUT2D eigenvalue weighted by Gasteiger charge is 2.14. The van der Waals surface area contributed by atoms with Gasteiger partial charge in [-0.3, -0.25) is 4.79 Å². The normalized spacial score (nSPS) is 10.7. The van der Waals surface area contributed by atoms with Gasteiger partial charge in [-0.15, -0.1) is 0 Å². The number of ether oxygens (including phenoxy) is 3. The minimum absolute atomic E-state index is 0.207. The van der Waals surface area contributed by atoms with Crippen LogP contribution < -0.4 is 14.9 Å². The standard InChI is InChI=1S/C23H27BrN2O5/c1-5-29-20-11-17(10-19(24)23(20)31-14-22(28)30-6-2)13-25-26-21(27)12-18-8-7-15(3)9-16(18)4/h7-11,13H,5-6,12,14H2,1-4H3,(H,26,27)/b25-13+. The fourth-order valence-corrected chi connectivity index (χ4v) is 3.41. The molecule has 7 nitrogen and oxygen atoms in total. The molecular formula is C23H27BrN2O5. The Balaban J connectivity index is 2.05. The molecule has 0 atom stereocenters. The van der Waals surface area contributed by atoms with Gasteiger partial charge in [-0.25, -0.2) is 10.2 Å². The Morgan fingerprint density at radius 1 is 1.10 bits per heavy atom. The summed E-state index contributed by atoms with van der Waals surface area (Å²) in [6, 6.07) is 9.45. The molecule has 0 aliphatic heterocycles. The first-order valence-corrected chi connectivity index (χ1v) is 10.8. The van der Waals surface area contributed by atoms with Crippen LogP contribution in [0.25, 0.3) is 0 Å². The number of rotatable bonds is 10. The first-order chi connectivity index (χ1) is 14.8. The van der Waals surface area contributed by atoms with Gasteiger partial charge < -0.3 is 14.2 Å². The molecule has 2 rings (SSSR count). The van der Waals surface area contributed by atoms with Crippen molar-refractivity contribution in [3.63, 3.8) is 0 Å². The summed E-state index contributed by atoms with van der Waals surface area (Å²) in [5.41, 5.74) is 6.42. The predicted molar refractivity (Wildman–Crippen MR) is 123 cm³/mol. The van der Waals surface area contributed by atoms with E-state index >= 15 is 0 Å². The second-order valence-corrected chi connectivity index (χ2v) is 7.61. The van der Waals surface area contributed by atoms with Gasteiger partial charge in [0.15, 0.2) is 18.1 Å². The molecule has 0 heterocycles. The van der Waals surface area contributed by atoms with E-state index in [0.717, 1.165) is 16.7 Å². The van der Waals surface area contributed by atoms with Crippen LogP contribution >= 0.6 is 15.9 Å². The Hall–Kier alpha value is -2.87. The number of aryl methyl sites for hydroxylation is 2. The van der Waals surface area contributed by atoms with Crippen LogP contribution in [0.2, 0.25) is 0 Å². The van der Waals surface area contributed by atoms with Crippen molar-refractivity contribution in [1.82, 2.24) is 5.43 Å². The number of hydrazone groups is 1. The maximum atomic E-state index is 12.2. The topological polar surface area (TPSA) is 86.2 Å². The first kappa shape index (κ1) is 24.4. The minimum Gasteiger partial charge on any atom is -0.490 e. The minimum atomic E-state index is -0.464. The van der Waals surface area contributed by atoms with Gasteiger partial charge in [-0.2, -0.15) is 5.10 Å². The Bertz CT molecular complexity index is 959. The summed E-state index contributed by atoms with van der Waals surface area (Å²) in [7, 11) is 0. The summed E-state index contributed by atoms with van der Waals surface area (Å²) in [5, 5.41) is 4.04. The molecule has 0 fully saturated rings. The van der Waals surface area contributed by atoms with Crippen molar-refractivity contribution in [2.45, 2.75) is 34.1 Å². The second kappa shape index (κ2) is 12.1. The average Bonchev–Trinajstić information content (AvgIpc) is 2.70. The molecule has 0 unspecified atom stereocenters. The SMILES string of the molecule is CCOC(=O)COc1c(Br)cc(/C=N/NC(=O)Cc2ccc(C)cc2C)cc1OCC. The molecule has 0 spiro atoms. The number of carbonyl (C=O) groups excluding carboxylic acids is 2. The van der Waals surface area contributed by atoms with E-state index in [4.69, 9.17) is 14.2 Å². The van der Waals surface area contributed by atoms with Crippen LogP contribution in [0.5, 0.6) is 11.5 Å². The van der Waals surface area contributed by atoms with Gasteiger partial charge in [-0.05, 0) is 72.4 Å². The number of esters is 1. The molecule has 0 aromatic heterocycles. The van der Waals surface area contributed by atoms with Crippen molar-refractivity contribution in [2.24, 2.45) is 5.10 Å². The lowest BCUT2D eigenvalue weighted by molar-refractivity contribution is -0.145. The van der Waals surface area contributed by atoms with Crippen LogP contribution in [0, 0.1) is 13.8 Å². The number of hydrogen-bond donors (Lipinski definition) is 1. The third-order valence-corrected chi connectivity index (χ3v) is 4.81. The second-order valence-electron chi connectivity index (χ2n) is 6.76. The summed E-state index contributed by atoms with van der Waals surface area (Å²) in [4.78, 5) is 23.8. The highest BCUT2D eigenvalue weighted by atomic mass is 79.9. The van der Waals surface area contributed by atoms with E-state index in [2.05, 4.69) is 26.5 Å². The fourth-order valence-electron chi connectivity index (χ4n) is 2.83. The fraction of sp³-hybridized carbons (Fsp3) is 0.348. The van der Waals surface area contributed by atoms with E-state index in [-0.39, 0.29) is 25.5 Å². The molecule has 0 saturated carbocycles. The van der Waals surface area contributed by atoms with Crippen molar-refractivity contribution in [2.75, 3.05) is 19.8 Å². The van der Waals surface area contributed by atoms with Gasteiger partial charge in [0.2, 0.25) is 5.91 Å². The summed E-state index contributed by atoms with van der Waals surface area (Å²) in [6.45, 7) is 8.04. The quantitative estimate of drug-likeness (QED) is 0.307. The van der Waals surface area contributed by atoms with E-state index in [1.54, 1.807) is 19.1 Å². The Morgan fingerprint density at radius 2 is 1.87 bits per heavy atom. The zero-order chi connectivity index (χ0) is 22.8. The summed E-state index contributed by atoms with van der Waals surface area (Å²) in [5.74, 6) is 0.172. The lowest BCUT2D eigenvalue weighted by atomic mass is 10.0. The molecule has 0 saturated heterocycles. The van der Waals surface area contributed by atoms with Gasteiger partial charge in [-0.1, -0.05) is 23.8 Å². The number of nitrogens with zero attached hydrogens (tertiary/aromatic N) is 1. The molecular weight excluding hydrogens is 464 g/mol. The monoisotopic (exact) mass is 490 g/mol. The summed E-state index contributed by atoms with van der Waals surface area (Å²) >= 11 is 3.43. The molecule has 0 aliphatic carbocycles. The van der Waals surface area contributed by atoms with Gasteiger partial charge in [0, 0.05) is 0 Å². The van der Waals surface area contributed by atoms with E-state index < -0.39 is 5.97 Å². The van der Waals surface area contributed by atoms with Crippen molar-refractivity contribution < 1.29 is 23.8 Å². The zero-order valence-corrected chi connectivity index (χ0v) is 19.7. The largest absolute Gasteiger partial charge is 0.490 e. The van der Waals surface area contributed by atoms with Crippen molar-refractivity contribution >= 4 is 34.0 Å². The molecule has 1 amide bonds. The number of amides is 1. The van der Waals surface area contributed by atoms with Gasteiger partial charge in [0.1, 0.15) is 0 Å². The van der Waals surface area contributed by atoms with Gasteiger partial charge >= 0.3 is 5.97 Å². The number of halogens is 1. The van der Waals surface area contributed by atoms with Crippen LogP contribution in [0.3, 0.4) is 0 Å². The maximum Gasteiger partial charge on any atom is 0.344 e. The zero-order valence-electron chi connectivity index (χ0n) is 18.2. The average molecular weight is 491 g/mol. The molecule has 1 N–H and O–H groups in total. The van der Waals surface area contributed by atoms with Crippen molar-refractivity contribution in [3.05, 3.63) is 57.1 Å². The molecule has 2 aromatic carbocycles. The Labute approximate surface area is 190 Å². The van der Waals surface area contributed by atoms with Crippen molar-refractivity contribution in [1.29, 1.82) is 0 Å². The number of nitrogens with one attached hydrogen (secondary N) is 1. The van der Waals surface area contributed by atoms with Gasteiger partial charge in [0.05, 0.1) is 30.3 Å². The number of hydrogen-bond acceptors (Lipinski definition) is 6. The van der Waals surface area contributed by atoms with Gasteiger partial charge in [0.25, 0.3) is 0 Å². The highest BCUT2D eigenvalue weighted by Crippen LogP contribution is 2.36. The molecule has 31 heavy (non-hydrogen) atoms. The Morgan fingerprint density at radius 3 is 2.55 bits per heavy atom. The molecule has 0 bridgehead atoms. The highest BCUT2D eigenvalue weighted by molar-refractivity contribution is 9.10. The smallest absolute Gasteiger partial charge is 0.344 e. The van der Waals surface area contributed by atoms with E-state index in [0.29, 0.717) is 28.1 Å². The maximum absolute atomic E-state index is 12.2. The molecule has 0 radical (unpaired) electrons. The van der Waals surface area contributed by atoms with Crippen LogP contribution in [0.1, 0.15) is 36.1 Å². The van der Waals surface area contributed by atoms with E-state index in [1.807, 2.05) is 39.0 Å². The summed E-state index contributed by atoms with van der Waals surface area (Å²) < 4.78 is 16.6. The predicted octanol–water partition coefficient (Wildman–Crippen LogP) is 4.10. The van der Waals surface area contributed by atoms with Crippen LogP contribution in [-0.4, -0.2) is 37.9 Å². The third-order valence-electron chi connectivity index (χ3n) is 4.22. The summed E-state index contributed by atoms with van der Waals surface area (Å²) in [6.07, 6.45) is 1.76. The molecule has 8 heteroatoms. The molecule has 166 valence electrons. The molecule has 0 aliphatic rings. The van der Waals surface area contributed by atoms with Crippen LogP contribution in [0.15, 0.2) is 39.9 Å². The van der Waals surface area contributed by atoms with E-state index in [9.17, 15) is 9.59 Å². The first-order valence-electron chi connectivity index (χ1n) is 9.96. The lowest BCUT2D eigenvalue weighted by Gasteiger charge is -2.14. The van der Waals surface area contributed by atoms with Crippen LogP contribution in [-0.2, 0) is 20.7 Å². The lowest BCUT2D eigenvalue weighted by Crippen LogP contribution is -2.20. The number of carbonyl (C=O) groups is 2.